The first-order chi connectivity index (χ1) is 9.35. The van der Waals surface area contributed by atoms with E-state index in [2.05, 4.69) is 23.9 Å². The highest BCUT2D eigenvalue weighted by atomic mass is 32.2. The number of hydrogen-bond donors (Lipinski definition) is 2. The third-order valence-electron chi connectivity index (χ3n) is 2.66. The minimum absolute atomic E-state index is 0.335. The monoisotopic (exact) mass is 336 g/mol. The van der Waals surface area contributed by atoms with Crippen molar-refractivity contribution in [2.45, 2.75) is 37.6 Å². The molecule has 2 N–H and O–H groups in total. The second-order valence-electron chi connectivity index (χ2n) is 5.17. The van der Waals surface area contributed by atoms with Crippen LogP contribution in [-0.2, 0) is 16.6 Å². The van der Waals surface area contributed by atoms with E-state index in [1.165, 1.54) is 11.3 Å². The van der Waals surface area contributed by atoms with Crippen molar-refractivity contribution in [1.29, 1.82) is 0 Å². The zero-order valence-electron chi connectivity index (χ0n) is 12.5. The summed E-state index contributed by atoms with van der Waals surface area (Å²) in [6.45, 7) is 7.38. The van der Waals surface area contributed by atoms with Crippen LogP contribution in [0.2, 0.25) is 0 Å². The molecular formula is C13H24N2O2S3. The van der Waals surface area contributed by atoms with Crippen molar-refractivity contribution >= 4 is 33.1 Å². The van der Waals surface area contributed by atoms with Crippen LogP contribution in [0.3, 0.4) is 0 Å². The summed E-state index contributed by atoms with van der Waals surface area (Å²) in [5.41, 5.74) is 0. The summed E-state index contributed by atoms with van der Waals surface area (Å²) in [6, 6.07) is 3.95. The first-order valence-electron chi connectivity index (χ1n) is 6.66. The van der Waals surface area contributed by atoms with Crippen molar-refractivity contribution < 1.29 is 8.42 Å². The van der Waals surface area contributed by atoms with E-state index in [1.807, 2.05) is 19.2 Å². The Morgan fingerprint density at radius 2 is 2.00 bits per heavy atom. The van der Waals surface area contributed by atoms with E-state index >= 15 is 0 Å². The van der Waals surface area contributed by atoms with Crippen LogP contribution in [0, 0.1) is 5.92 Å². The first-order valence-corrected chi connectivity index (χ1v) is 10.3. The summed E-state index contributed by atoms with van der Waals surface area (Å²) in [6.07, 6.45) is 2.03. The van der Waals surface area contributed by atoms with Crippen molar-refractivity contribution in [3.63, 3.8) is 0 Å². The summed E-state index contributed by atoms with van der Waals surface area (Å²) in [4.78, 5) is 1.04. The molecule has 0 aliphatic rings. The van der Waals surface area contributed by atoms with Crippen LogP contribution < -0.4 is 10.0 Å². The Hall–Kier alpha value is -0.0800. The molecule has 0 fully saturated rings. The van der Waals surface area contributed by atoms with Gasteiger partial charge >= 0.3 is 0 Å². The zero-order chi connectivity index (χ0) is 15.2. The Bertz CT molecular complexity index is 497. The van der Waals surface area contributed by atoms with E-state index in [9.17, 15) is 8.42 Å². The average Bonchev–Trinajstić information content (AvgIpc) is 2.84. The Balaban J connectivity index is 2.59. The molecule has 1 aromatic rings. The topological polar surface area (TPSA) is 58.2 Å². The van der Waals surface area contributed by atoms with Gasteiger partial charge in [0.2, 0.25) is 10.0 Å². The quantitative estimate of drug-likeness (QED) is 0.727. The molecule has 1 aromatic heterocycles. The highest BCUT2D eigenvalue weighted by molar-refractivity contribution is 7.98. The molecule has 0 aliphatic carbocycles. The van der Waals surface area contributed by atoms with Crippen molar-refractivity contribution in [2.24, 2.45) is 5.92 Å². The fourth-order valence-corrected chi connectivity index (χ4v) is 4.77. The lowest BCUT2D eigenvalue weighted by molar-refractivity contribution is 0.564. The van der Waals surface area contributed by atoms with Gasteiger partial charge in [0.05, 0.1) is 0 Å². The molecule has 1 heterocycles. The summed E-state index contributed by atoms with van der Waals surface area (Å²) in [7, 11) is -3.36. The Labute approximate surface area is 130 Å². The van der Waals surface area contributed by atoms with Crippen LogP contribution in [0.4, 0.5) is 0 Å². The minimum Gasteiger partial charge on any atom is -0.310 e. The van der Waals surface area contributed by atoms with Gasteiger partial charge in [-0.2, -0.15) is 11.8 Å². The van der Waals surface area contributed by atoms with Crippen LogP contribution in [0.25, 0.3) is 0 Å². The molecule has 0 saturated carbocycles. The summed E-state index contributed by atoms with van der Waals surface area (Å²) < 4.78 is 27.4. The van der Waals surface area contributed by atoms with Gasteiger partial charge < -0.3 is 5.32 Å². The van der Waals surface area contributed by atoms with E-state index in [-0.39, 0.29) is 0 Å². The standard InChI is InChI=1S/C13H24N2O2S3/c1-10(2)14-8-12-5-6-13(19-12)20(16,17)15-7-11(3)9-18-4/h5-6,10-11,14-15H,7-9H2,1-4H3. The lowest BCUT2D eigenvalue weighted by atomic mass is 10.2. The predicted octanol–water partition coefficient (Wildman–Crippen LogP) is 2.52. The fourth-order valence-electron chi connectivity index (χ4n) is 1.57. The third-order valence-corrected chi connectivity index (χ3v) is 6.56. The van der Waals surface area contributed by atoms with Crippen LogP contribution in [0.15, 0.2) is 16.3 Å². The van der Waals surface area contributed by atoms with Crippen molar-refractivity contribution in [3.8, 4) is 0 Å². The van der Waals surface area contributed by atoms with Crippen LogP contribution in [0.1, 0.15) is 25.6 Å². The molecule has 20 heavy (non-hydrogen) atoms. The Morgan fingerprint density at radius 3 is 2.60 bits per heavy atom. The number of rotatable bonds is 9. The molecule has 116 valence electrons. The summed E-state index contributed by atoms with van der Waals surface area (Å²) in [5, 5.41) is 3.29. The average molecular weight is 337 g/mol. The number of nitrogens with one attached hydrogen (secondary N) is 2. The SMILES string of the molecule is CSCC(C)CNS(=O)(=O)c1ccc(CNC(C)C)s1. The molecule has 0 amide bonds. The maximum Gasteiger partial charge on any atom is 0.250 e. The zero-order valence-corrected chi connectivity index (χ0v) is 14.9. The van der Waals surface area contributed by atoms with Crippen LogP contribution in [0.5, 0.6) is 0 Å². The second kappa shape index (κ2) is 8.38. The Morgan fingerprint density at radius 1 is 1.30 bits per heavy atom. The van der Waals surface area contributed by atoms with Gasteiger partial charge in [-0.1, -0.05) is 20.8 Å². The predicted molar refractivity (Wildman–Crippen MR) is 89.0 cm³/mol. The van der Waals surface area contributed by atoms with Gasteiger partial charge in [0.15, 0.2) is 0 Å². The minimum atomic E-state index is -3.36. The lowest BCUT2D eigenvalue weighted by Gasteiger charge is -2.10. The molecular weight excluding hydrogens is 312 g/mol. The molecule has 0 bridgehead atoms. The smallest absolute Gasteiger partial charge is 0.250 e. The van der Waals surface area contributed by atoms with Gasteiger partial charge in [-0.15, -0.1) is 11.3 Å². The summed E-state index contributed by atoms with van der Waals surface area (Å²) >= 11 is 3.06. The highest BCUT2D eigenvalue weighted by Crippen LogP contribution is 2.21. The lowest BCUT2D eigenvalue weighted by Crippen LogP contribution is -2.28. The fraction of sp³-hybridized carbons (Fsp3) is 0.692. The van der Waals surface area contributed by atoms with Gasteiger partial charge in [-0.05, 0) is 30.1 Å². The summed E-state index contributed by atoms with van der Waals surface area (Å²) in [5.74, 6) is 1.29. The number of thiophene rings is 1. The van der Waals surface area contributed by atoms with Gasteiger partial charge in [0, 0.05) is 24.0 Å². The first kappa shape index (κ1) is 18.0. The maximum atomic E-state index is 12.2. The van der Waals surface area contributed by atoms with E-state index in [0.29, 0.717) is 29.3 Å². The largest absolute Gasteiger partial charge is 0.310 e. The normalized spacial score (nSPS) is 13.8. The third kappa shape index (κ3) is 6.13. The molecule has 0 aliphatic heterocycles. The van der Waals surface area contributed by atoms with E-state index in [0.717, 1.165) is 10.6 Å². The van der Waals surface area contributed by atoms with Gasteiger partial charge in [0.25, 0.3) is 0 Å². The molecule has 0 saturated heterocycles. The van der Waals surface area contributed by atoms with Crippen molar-refractivity contribution in [2.75, 3.05) is 18.6 Å². The maximum absolute atomic E-state index is 12.2. The molecule has 1 atom stereocenters. The van der Waals surface area contributed by atoms with Crippen molar-refractivity contribution in [3.05, 3.63) is 17.0 Å². The molecule has 0 spiro atoms. The Kier molecular flexibility index (Phi) is 7.53. The van der Waals surface area contributed by atoms with Gasteiger partial charge in [-0.25, -0.2) is 13.1 Å². The van der Waals surface area contributed by atoms with E-state index < -0.39 is 10.0 Å². The molecule has 0 radical (unpaired) electrons. The van der Waals surface area contributed by atoms with Gasteiger partial charge in [-0.3, -0.25) is 0 Å². The van der Waals surface area contributed by atoms with Gasteiger partial charge in [0.1, 0.15) is 4.21 Å². The second-order valence-corrected chi connectivity index (χ2v) is 9.24. The molecule has 1 rings (SSSR count). The number of sulfonamides is 1. The molecule has 0 aromatic carbocycles. The highest BCUT2D eigenvalue weighted by Gasteiger charge is 2.17. The van der Waals surface area contributed by atoms with E-state index in [1.54, 1.807) is 17.8 Å². The van der Waals surface area contributed by atoms with Crippen molar-refractivity contribution in [1.82, 2.24) is 10.0 Å². The van der Waals surface area contributed by atoms with Crippen LogP contribution >= 0.6 is 23.1 Å². The molecule has 7 heteroatoms. The molecule has 4 nitrogen and oxygen atoms in total. The number of thioether (sulfide) groups is 1. The molecule has 1 unspecified atom stereocenters. The number of hydrogen-bond acceptors (Lipinski definition) is 5. The van der Waals surface area contributed by atoms with Crippen LogP contribution in [-0.4, -0.2) is 33.0 Å². The van der Waals surface area contributed by atoms with E-state index in [4.69, 9.17) is 0 Å².